The van der Waals surface area contributed by atoms with E-state index in [1.807, 2.05) is 12.1 Å². The average Bonchev–Trinajstić information content (AvgIpc) is 2.41. The summed E-state index contributed by atoms with van der Waals surface area (Å²) >= 11 is 0. The van der Waals surface area contributed by atoms with Gasteiger partial charge in [-0.05, 0) is 37.7 Å². The number of allylic oxidation sites excluding steroid dienone is 3. The van der Waals surface area contributed by atoms with Crippen LogP contribution in [0.25, 0.3) is 0 Å². The maximum absolute atomic E-state index is 3.72. The number of rotatable bonds is 2. The molecule has 0 N–H and O–H groups in total. The monoisotopic (exact) mass is 214 g/mol. The molecule has 0 amide bonds. The van der Waals surface area contributed by atoms with Crippen LogP contribution in [0.1, 0.15) is 38.2 Å². The predicted molar refractivity (Wildman–Crippen MR) is 72.6 cm³/mol. The molecule has 0 atom stereocenters. The summed E-state index contributed by atoms with van der Waals surface area (Å²) in [7, 11) is 0. The molecule has 0 nitrogen and oxygen atoms in total. The molecule has 0 heteroatoms. The summed E-state index contributed by atoms with van der Waals surface area (Å²) in [5.74, 6) is 0. The van der Waals surface area contributed by atoms with Crippen molar-refractivity contribution in [2.45, 2.75) is 39.0 Å². The van der Waals surface area contributed by atoms with Gasteiger partial charge in [0.2, 0.25) is 0 Å². The zero-order valence-electron chi connectivity index (χ0n) is 10.3. The Labute approximate surface area is 99.7 Å². The van der Waals surface area contributed by atoms with Gasteiger partial charge in [-0.1, -0.05) is 61.6 Å². The quantitative estimate of drug-likeness (QED) is 0.655. The van der Waals surface area contributed by atoms with Crippen LogP contribution in [0, 0.1) is 0 Å². The molecule has 0 heterocycles. The molecule has 0 saturated heterocycles. The highest BCUT2D eigenvalue weighted by atomic mass is 14.0. The first-order valence-electron chi connectivity index (χ1n) is 6.22. The van der Waals surface area contributed by atoms with E-state index in [2.05, 4.69) is 43.8 Å². The molecule has 1 aromatic carbocycles. The van der Waals surface area contributed by atoms with Crippen LogP contribution in [-0.2, 0) is 6.42 Å². The first kappa shape index (κ1) is 12.8. The first-order valence-corrected chi connectivity index (χ1v) is 6.22. The van der Waals surface area contributed by atoms with Crippen molar-refractivity contribution in [2.75, 3.05) is 0 Å². The van der Waals surface area contributed by atoms with Gasteiger partial charge in [0, 0.05) is 0 Å². The van der Waals surface area contributed by atoms with Crippen LogP contribution < -0.4 is 0 Å². The van der Waals surface area contributed by atoms with E-state index in [0.29, 0.717) is 0 Å². The molecule has 0 radical (unpaired) electrons. The molecule has 1 aliphatic rings. The summed E-state index contributed by atoms with van der Waals surface area (Å²) in [6.07, 6.45) is 10.6. The zero-order valence-corrected chi connectivity index (χ0v) is 10.3. The Morgan fingerprint density at radius 1 is 1.19 bits per heavy atom. The second kappa shape index (κ2) is 7.92. The summed E-state index contributed by atoms with van der Waals surface area (Å²) in [6, 6.07) is 10.5. The van der Waals surface area contributed by atoms with Crippen LogP contribution in [0.15, 0.2) is 54.6 Å². The van der Waals surface area contributed by atoms with E-state index in [-0.39, 0.29) is 0 Å². The van der Waals surface area contributed by atoms with Gasteiger partial charge in [0.05, 0.1) is 0 Å². The maximum Gasteiger partial charge on any atom is -0.0282 e. The van der Waals surface area contributed by atoms with Gasteiger partial charge in [-0.2, -0.15) is 0 Å². The minimum atomic E-state index is 1.14. The Balaban J connectivity index is 0.000000160. The van der Waals surface area contributed by atoms with Crippen molar-refractivity contribution in [3.63, 3.8) is 0 Å². The van der Waals surface area contributed by atoms with E-state index in [0.717, 1.165) is 6.42 Å². The van der Waals surface area contributed by atoms with Gasteiger partial charge < -0.3 is 0 Å². The topological polar surface area (TPSA) is 0 Å². The smallest absolute Gasteiger partial charge is 0.0282 e. The lowest BCUT2D eigenvalue weighted by molar-refractivity contribution is 0.712. The fourth-order valence-electron chi connectivity index (χ4n) is 1.76. The predicted octanol–water partition coefficient (Wildman–Crippen LogP) is 4.92. The first-order chi connectivity index (χ1) is 7.86. The molecule has 86 valence electrons. The Kier molecular flexibility index (Phi) is 6.32. The minimum absolute atomic E-state index is 1.14. The van der Waals surface area contributed by atoms with E-state index in [4.69, 9.17) is 0 Å². The molecule has 0 aromatic heterocycles. The van der Waals surface area contributed by atoms with Gasteiger partial charge in [-0.15, -0.1) is 0 Å². The molecule has 1 aliphatic carbocycles. The van der Waals surface area contributed by atoms with Crippen LogP contribution in [-0.4, -0.2) is 0 Å². The Hall–Kier alpha value is -1.30. The summed E-state index contributed by atoms with van der Waals surface area (Å²) < 4.78 is 0. The van der Waals surface area contributed by atoms with Crippen molar-refractivity contribution in [1.82, 2.24) is 0 Å². The van der Waals surface area contributed by atoms with Crippen molar-refractivity contribution in [2.24, 2.45) is 0 Å². The zero-order chi connectivity index (χ0) is 11.6. The molecule has 0 saturated carbocycles. The summed E-state index contributed by atoms with van der Waals surface area (Å²) in [6.45, 7) is 5.88. The lowest BCUT2D eigenvalue weighted by Gasteiger charge is -2.06. The van der Waals surface area contributed by atoms with Crippen molar-refractivity contribution in [3.05, 3.63) is 60.2 Å². The van der Waals surface area contributed by atoms with Crippen molar-refractivity contribution < 1.29 is 0 Å². The minimum Gasteiger partial charge on any atom is -0.0988 e. The molecular formula is C16H22. The molecule has 0 aliphatic heterocycles. The van der Waals surface area contributed by atoms with Crippen LogP contribution in [0.5, 0.6) is 0 Å². The molecular weight excluding hydrogens is 192 g/mol. The van der Waals surface area contributed by atoms with Gasteiger partial charge in [0.25, 0.3) is 0 Å². The second-order valence-corrected chi connectivity index (χ2v) is 4.07. The van der Waals surface area contributed by atoms with Gasteiger partial charge in [0.1, 0.15) is 0 Å². The van der Waals surface area contributed by atoms with Gasteiger partial charge in [-0.3, -0.25) is 0 Å². The van der Waals surface area contributed by atoms with Gasteiger partial charge >= 0.3 is 0 Å². The van der Waals surface area contributed by atoms with Crippen molar-refractivity contribution >= 4 is 0 Å². The standard InChI is InChI=1S/C8H12.C8H10/c2*1-2-8-6-4-3-5-7-8/h2,6H,1,3-5,7H2;3-7H,2H2,1H3. The van der Waals surface area contributed by atoms with Crippen LogP contribution in [0.2, 0.25) is 0 Å². The summed E-state index contributed by atoms with van der Waals surface area (Å²) in [4.78, 5) is 0. The normalized spacial score (nSPS) is 14.4. The molecule has 1 aromatic rings. The highest BCUT2D eigenvalue weighted by Crippen LogP contribution is 2.16. The summed E-state index contributed by atoms with van der Waals surface area (Å²) in [5, 5.41) is 0. The lowest BCUT2D eigenvalue weighted by atomic mass is 10.0. The Bertz CT molecular complexity index is 319. The fraction of sp³-hybridized carbons (Fsp3) is 0.375. The molecule has 16 heavy (non-hydrogen) atoms. The fourth-order valence-corrected chi connectivity index (χ4v) is 1.76. The van der Waals surface area contributed by atoms with Crippen LogP contribution >= 0.6 is 0 Å². The number of aryl methyl sites for hydroxylation is 1. The SMILES string of the molecule is C=CC1=CCCCC1.CCc1ccccc1. The van der Waals surface area contributed by atoms with Gasteiger partial charge in [-0.25, -0.2) is 0 Å². The van der Waals surface area contributed by atoms with E-state index < -0.39 is 0 Å². The third-order valence-corrected chi connectivity index (χ3v) is 2.84. The number of hydrogen-bond acceptors (Lipinski definition) is 0. The third-order valence-electron chi connectivity index (χ3n) is 2.84. The molecule has 0 bridgehead atoms. The van der Waals surface area contributed by atoms with Gasteiger partial charge in [0.15, 0.2) is 0 Å². The van der Waals surface area contributed by atoms with Crippen LogP contribution in [0.3, 0.4) is 0 Å². The molecule has 0 spiro atoms. The van der Waals surface area contributed by atoms with Crippen LogP contribution in [0.4, 0.5) is 0 Å². The van der Waals surface area contributed by atoms with Crippen molar-refractivity contribution in [3.8, 4) is 0 Å². The van der Waals surface area contributed by atoms with E-state index in [1.54, 1.807) is 0 Å². The maximum atomic E-state index is 3.72. The largest absolute Gasteiger partial charge is 0.0988 e. The highest BCUT2D eigenvalue weighted by molar-refractivity contribution is 5.17. The van der Waals surface area contributed by atoms with E-state index >= 15 is 0 Å². The summed E-state index contributed by atoms with van der Waals surface area (Å²) in [5.41, 5.74) is 2.85. The molecule has 2 rings (SSSR count). The highest BCUT2D eigenvalue weighted by Gasteiger charge is 1.97. The Morgan fingerprint density at radius 3 is 2.31 bits per heavy atom. The Morgan fingerprint density at radius 2 is 1.94 bits per heavy atom. The second-order valence-electron chi connectivity index (χ2n) is 4.07. The van der Waals surface area contributed by atoms with E-state index in [1.165, 1.54) is 36.8 Å². The van der Waals surface area contributed by atoms with Crippen molar-refractivity contribution in [1.29, 1.82) is 0 Å². The molecule has 0 fully saturated rings. The number of hydrogen-bond donors (Lipinski definition) is 0. The van der Waals surface area contributed by atoms with E-state index in [9.17, 15) is 0 Å². The molecule has 0 unspecified atom stereocenters. The number of benzene rings is 1. The third kappa shape index (κ3) is 4.97. The lowest BCUT2D eigenvalue weighted by Crippen LogP contribution is -1.86. The average molecular weight is 214 g/mol.